The number of carbonyl (C=O) groups excluding carboxylic acids is 5. The molecule has 3 saturated carbocycles. The Bertz CT molecular complexity index is 1550. The highest BCUT2D eigenvalue weighted by Gasteiger charge is 2.56. The summed E-state index contributed by atoms with van der Waals surface area (Å²) in [7, 11) is 0. The fraction of sp³-hybridized carbons (Fsp3) is 0.676. The van der Waals surface area contributed by atoms with Crippen molar-refractivity contribution in [3.05, 3.63) is 34.6 Å². The molecule has 0 aromatic heterocycles. The van der Waals surface area contributed by atoms with Gasteiger partial charge >= 0.3 is 0 Å². The number of amides is 4. The molecule has 3 N–H and O–H groups in total. The molecule has 0 bridgehead atoms. The lowest BCUT2D eigenvalue weighted by molar-refractivity contribution is -0.145. The lowest BCUT2D eigenvalue weighted by Crippen LogP contribution is -2.59. The summed E-state index contributed by atoms with van der Waals surface area (Å²) in [5.74, 6) is -2.69. The van der Waals surface area contributed by atoms with Crippen molar-refractivity contribution in [3.63, 3.8) is 0 Å². The minimum absolute atomic E-state index is 0.0136. The monoisotopic (exact) mass is 713 g/mol. The van der Waals surface area contributed by atoms with E-state index in [1.54, 1.807) is 6.07 Å². The molecule has 0 radical (unpaired) electrons. The number of hydrogen-bond acceptors (Lipinski definition) is 7. The van der Waals surface area contributed by atoms with Crippen LogP contribution in [0.3, 0.4) is 0 Å². The number of likely N-dealkylation sites (tertiary alicyclic amines) is 1. The first-order valence-electron chi connectivity index (χ1n) is 18.2. The molecule has 1 aromatic carbocycles. The van der Waals surface area contributed by atoms with Gasteiger partial charge in [0.15, 0.2) is 5.60 Å². The Labute approximate surface area is 297 Å². The summed E-state index contributed by atoms with van der Waals surface area (Å²) >= 11 is 6.05. The SMILES string of the molecule is CC(C)(C)[C@H](NC(=O)CC1CCCCC1)C(=O)N1C[C@@]2(CC(c3ccc(F)c(Cl)c3)=NO2)C[C@H]1C(=O)N[C@@H](CC1CC1)C(=O)C(=O)NC1CC1. The van der Waals surface area contributed by atoms with Crippen LogP contribution >= 0.6 is 11.6 Å². The summed E-state index contributed by atoms with van der Waals surface area (Å²) in [6, 6.07) is 1.17. The third kappa shape index (κ3) is 8.66. The van der Waals surface area contributed by atoms with Crippen molar-refractivity contribution in [1.82, 2.24) is 20.9 Å². The highest BCUT2D eigenvalue weighted by molar-refractivity contribution is 6.38. The van der Waals surface area contributed by atoms with Crippen LogP contribution in [-0.4, -0.2) is 76.3 Å². The van der Waals surface area contributed by atoms with Gasteiger partial charge in [-0.3, -0.25) is 24.0 Å². The predicted octanol–water partition coefficient (Wildman–Crippen LogP) is 4.58. The third-order valence-corrected chi connectivity index (χ3v) is 11.0. The Morgan fingerprint density at radius 3 is 2.38 bits per heavy atom. The second-order valence-corrected chi connectivity index (χ2v) is 16.6. The highest BCUT2D eigenvalue weighted by Crippen LogP contribution is 2.41. The van der Waals surface area contributed by atoms with Crippen molar-refractivity contribution in [3.8, 4) is 0 Å². The Morgan fingerprint density at radius 2 is 1.74 bits per heavy atom. The van der Waals surface area contributed by atoms with Crippen molar-refractivity contribution in [2.24, 2.45) is 22.4 Å². The Morgan fingerprint density at radius 1 is 1.02 bits per heavy atom. The van der Waals surface area contributed by atoms with Crippen LogP contribution in [0, 0.1) is 23.1 Å². The van der Waals surface area contributed by atoms with E-state index in [4.69, 9.17) is 16.4 Å². The van der Waals surface area contributed by atoms with Crippen LogP contribution in [-0.2, 0) is 28.8 Å². The lowest BCUT2D eigenvalue weighted by Gasteiger charge is -2.36. The fourth-order valence-electron chi connectivity index (χ4n) is 7.48. The summed E-state index contributed by atoms with van der Waals surface area (Å²) in [4.78, 5) is 75.8. The number of nitrogens with one attached hydrogen (secondary N) is 3. The molecule has 1 spiro atoms. The van der Waals surface area contributed by atoms with E-state index >= 15 is 0 Å². The van der Waals surface area contributed by atoms with Gasteiger partial charge in [-0.15, -0.1) is 0 Å². The number of Topliss-reactive ketones (excluding diaryl/α,β-unsaturated/α-hetero) is 1. The molecule has 11 nitrogen and oxygen atoms in total. The summed E-state index contributed by atoms with van der Waals surface area (Å²) in [6.45, 7) is 5.59. The topological polar surface area (TPSA) is 146 Å². The Balaban J connectivity index is 1.24. The van der Waals surface area contributed by atoms with Crippen LogP contribution in [0.1, 0.15) is 110 Å². The molecule has 2 heterocycles. The average molecular weight is 714 g/mol. The summed E-state index contributed by atoms with van der Waals surface area (Å²) in [5, 5.41) is 12.8. The van der Waals surface area contributed by atoms with Crippen LogP contribution in [0.4, 0.5) is 4.39 Å². The molecule has 4 amide bonds. The van der Waals surface area contributed by atoms with E-state index < -0.39 is 58.5 Å². The van der Waals surface area contributed by atoms with E-state index in [0.29, 0.717) is 24.1 Å². The second-order valence-electron chi connectivity index (χ2n) is 16.2. The van der Waals surface area contributed by atoms with Crippen LogP contribution in [0.15, 0.2) is 23.4 Å². The Hall–Kier alpha value is -3.54. The summed E-state index contributed by atoms with van der Waals surface area (Å²) < 4.78 is 13.9. The zero-order valence-electron chi connectivity index (χ0n) is 29.2. The predicted molar refractivity (Wildman–Crippen MR) is 185 cm³/mol. The third-order valence-electron chi connectivity index (χ3n) is 10.7. The van der Waals surface area contributed by atoms with Gasteiger partial charge in [-0.1, -0.05) is 75.7 Å². The van der Waals surface area contributed by atoms with Gasteiger partial charge in [-0.25, -0.2) is 4.39 Å². The number of carbonyl (C=O) groups is 5. The minimum atomic E-state index is -1.10. The van der Waals surface area contributed by atoms with Gasteiger partial charge in [-0.05, 0) is 61.5 Å². The number of rotatable bonds is 12. The number of ketones is 1. The van der Waals surface area contributed by atoms with E-state index in [1.807, 2.05) is 20.8 Å². The molecule has 1 saturated heterocycles. The molecule has 13 heteroatoms. The molecular weight excluding hydrogens is 665 g/mol. The fourth-order valence-corrected chi connectivity index (χ4v) is 7.66. The maximum atomic E-state index is 14.6. The van der Waals surface area contributed by atoms with E-state index in [0.717, 1.165) is 51.4 Å². The first kappa shape index (κ1) is 36.3. The molecule has 3 aliphatic carbocycles. The van der Waals surface area contributed by atoms with E-state index in [9.17, 15) is 28.4 Å². The molecule has 6 rings (SSSR count). The van der Waals surface area contributed by atoms with Crippen LogP contribution in [0.2, 0.25) is 5.02 Å². The maximum Gasteiger partial charge on any atom is 0.289 e. The van der Waals surface area contributed by atoms with Gasteiger partial charge in [0.1, 0.15) is 17.9 Å². The number of hydrogen-bond donors (Lipinski definition) is 3. The number of halogens is 2. The largest absolute Gasteiger partial charge is 0.387 e. The van der Waals surface area contributed by atoms with E-state index in [2.05, 4.69) is 21.1 Å². The Kier molecular flexibility index (Phi) is 10.6. The zero-order chi connectivity index (χ0) is 35.8. The standard InChI is InChI=1S/C37H49ClFN5O6/c1-36(2,3)32(42-30(45)16-21-7-5-4-6-8-21)35(49)44-20-37(18-28(43-50-37)23-11-14-26(39)25(38)17-23)19-29(44)33(47)41-27(15-22-9-10-22)31(46)34(48)40-24-12-13-24/h11,14,17,21-22,24,27,29,32H,4-10,12-13,15-16,18-20H2,1-3H3,(H,40,48)(H,41,47)(H,42,45)/t27-,29-,32+,37+/m0/s1. The number of benzene rings is 1. The molecular formula is C37H49ClFN5O6. The maximum absolute atomic E-state index is 14.6. The van der Waals surface area contributed by atoms with Gasteiger partial charge in [0.05, 0.1) is 23.3 Å². The first-order valence-corrected chi connectivity index (χ1v) is 18.5. The number of nitrogens with zero attached hydrogens (tertiary/aromatic N) is 2. The molecule has 50 heavy (non-hydrogen) atoms. The normalized spacial score (nSPS) is 25.0. The van der Waals surface area contributed by atoms with Gasteiger partial charge in [-0.2, -0.15) is 0 Å². The quantitative estimate of drug-likeness (QED) is 0.271. The number of oxime groups is 1. The van der Waals surface area contributed by atoms with Crippen LogP contribution < -0.4 is 16.0 Å². The van der Waals surface area contributed by atoms with Gasteiger partial charge in [0, 0.05) is 30.9 Å². The van der Waals surface area contributed by atoms with Gasteiger partial charge < -0.3 is 25.7 Å². The smallest absolute Gasteiger partial charge is 0.289 e. The second kappa shape index (κ2) is 14.6. The van der Waals surface area contributed by atoms with Crippen molar-refractivity contribution < 1.29 is 33.2 Å². The molecule has 2 aliphatic heterocycles. The van der Waals surface area contributed by atoms with Crippen LogP contribution in [0.25, 0.3) is 0 Å². The van der Waals surface area contributed by atoms with Gasteiger partial charge in [0.25, 0.3) is 5.91 Å². The molecule has 5 aliphatic rings. The van der Waals surface area contributed by atoms with Gasteiger partial charge in [0.2, 0.25) is 23.5 Å². The molecule has 4 atom stereocenters. The molecule has 4 fully saturated rings. The molecule has 272 valence electrons. The zero-order valence-corrected chi connectivity index (χ0v) is 30.0. The van der Waals surface area contributed by atoms with Crippen molar-refractivity contribution in [1.29, 1.82) is 0 Å². The van der Waals surface area contributed by atoms with Crippen LogP contribution in [0.5, 0.6) is 0 Å². The first-order chi connectivity index (χ1) is 23.7. The average Bonchev–Trinajstić information content (AvgIpc) is 4.00. The summed E-state index contributed by atoms with van der Waals surface area (Å²) in [6.07, 6.45) is 9.72. The highest BCUT2D eigenvalue weighted by atomic mass is 35.5. The van der Waals surface area contributed by atoms with Crippen molar-refractivity contribution in [2.75, 3.05) is 6.54 Å². The molecule has 0 unspecified atom stereocenters. The summed E-state index contributed by atoms with van der Waals surface area (Å²) in [5.41, 5.74) is -0.753. The molecule has 1 aromatic rings. The lowest BCUT2D eigenvalue weighted by atomic mass is 9.84. The van der Waals surface area contributed by atoms with E-state index in [1.165, 1.54) is 23.5 Å². The van der Waals surface area contributed by atoms with Crippen molar-refractivity contribution in [2.45, 2.75) is 134 Å². The van der Waals surface area contributed by atoms with Crippen molar-refractivity contribution >= 4 is 46.7 Å². The van der Waals surface area contributed by atoms with E-state index in [-0.39, 0.29) is 48.2 Å². The minimum Gasteiger partial charge on any atom is -0.387 e.